The maximum absolute atomic E-state index is 11.1. The Labute approximate surface area is 100 Å². The number of ether oxygens (including phenoxy) is 1. The molecule has 0 saturated carbocycles. The van der Waals surface area contributed by atoms with Crippen LogP contribution in [0.4, 0.5) is 5.82 Å². The average Bonchev–Trinajstić information content (AvgIpc) is 2.29. The fraction of sp³-hybridized carbons (Fsp3) is 0.111. The number of nitrogens with two attached hydrogens (primary N) is 1. The van der Waals surface area contributed by atoms with Crippen molar-refractivity contribution in [2.24, 2.45) is 0 Å². The van der Waals surface area contributed by atoms with Crippen molar-refractivity contribution in [3.05, 3.63) is 28.9 Å². The number of nitrogens with one attached hydrogen (secondary N) is 1. The van der Waals surface area contributed by atoms with Crippen molar-refractivity contribution in [3.63, 3.8) is 0 Å². The lowest BCUT2D eigenvalue weighted by Gasteiger charge is -2.07. The molecule has 0 radical (unpaired) electrons. The second kappa shape index (κ2) is 4.83. The summed E-state index contributed by atoms with van der Waals surface area (Å²) in [6.07, 6.45) is 2.74. The number of H-pyrrole nitrogens is 1. The van der Waals surface area contributed by atoms with Crippen molar-refractivity contribution in [2.75, 3.05) is 12.8 Å². The predicted molar refractivity (Wildman–Crippen MR) is 62.0 cm³/mol. The zero-order chi connectivity index (χ0) is 12.3. The van der Waals surface area contributed by atoms with Gasteiger partial charge in [-0.2, -0.15) is 0 Å². The molecule has 0 amide bonds. The lowest BCUT2D eigenvalue weighted by molar-refractivity contribution is 0.401. The molecule has 8 heteroatoms. The Morgan fingerprint density at radius 1 is 1.41 bits per heavy atom. The molecule has 3 N–H and O–H groups in total. The van der Waals surface area contributed by atoms with E-state index in [0.29, 0.717) is 15.9 Å². The highest BCUT2D eigenvalue weighted by molar-refractivity contribution is 7.99. The SMILES string of the molecule is COc1c(N)ncnc1Sc1nccc(=O)[nH]1. The van der Waals surface area contributed by atoms with Crippen LogP contribution in [0, 0.1) is 0 Å². The van der Waals surface area contributed by atoms with Gasteiger partial charge in [0.25, 0.3) is 5.56 Å². The van der Waals surface area contributed by atoms with Crippen LogP contribution < -0.4 is 16.0 Å². The standard InChI is InChI=1S/C9H9N5O2S/c1-16-6-7(10)12-4-13-8(6)17-9-11-3-2-5(15)14-9/h2-4H,1H3,(H2,10,12,13)(H,11,14,15). The molecule has 0 aliphatic rings. The lowest BCUT2D eigenvalue weighted by Crippen LogP contribution is -2.06. The van der Waals surface area contributed by atoms with Crippen LogP contribution in [0.1, 0.15) is 0 Å². The smallest absolute Gasteiger partial charge is 0.251 e. The number of aromatic amines is 1. The molecule has 2 aromatic heterocycles. The molecular weight excluding hydrogens is 242 g/mol. The van der Waals surface area contributed by atoms with Gasteiger partial charge in [-0.3, -0.25) is 4.79 Å². The third-order valence-electron chi connectivity index (χ3n) is 1.84. The summed E-state index contributed by atoms with van der Waals surface area (Å²) in [4.78, 5) is 25.5. The summed E-state index contributed by atoms with van der Waals surface area (Å²) < 4.78 is 5.09. The summed E-state index contributed by atoms with van der Waals surface area (Å²) in [5.74, 6) is 0.604. The summed E-state index contributed by atoms with van der Waals surface area (Å²) >= 11 is 1.14. The first-order chi connectivity index (χ1) is 8.20. The molecule has 0 aliphatic heterocycles. The molecule has 0 unspecified atom stereocenters. The molecule has 88 valence electrons. The molecule has 7 nitrogen and oxygen atoms in total. The highest BCUT2D eigenvalue weighted by atomic mass is 32.2. The van der Waals surface area contributed by atoms with E-state index >= 15 is 0 Å². The van der Waals surface area contributed by atoms with Crippen LogP contribution in [-0.4, -0.2) is 27.0 Å². The van der Waals surface area contributed by atoms with Gasteiger partial charge in [-0.05, 0) is 11.8 Å². The molecule has 0 saturated heterocycles. The summed E-state index contributed by atoms with van der Waals surface area (Å²) in [6.45, 7) is 0. The van der Waals surface area contributed by atoms with Gasteiger partial charge in [0.15, 0.2) is 21.7 Å². The molecular formula is C9H9N5O2S. The minimum atomic E-state index is -0.233. The number of rotatable bonds is 3. The third kappa shape index (κ3) is 2.53. The fourth-order valence-corrected chi connectivity index (χ4v) is 1.96. The highest BCUT2D eigenvalue weighted by Gasteiger charge is 2.11. The number of hydrogen-bond acceptors (Lipinski definition) is 7. The Bertz CT molecular complexity index is 586. The zero-order valence-corrected chi connectivity index (χ0v) is 9.69. The van der Waals surface area contributed by atoms with Gasteiger partial charge in [-0.15, -0.1) is 0 Å². The Morgan fingerprint density at radius 3 is 2.94 bits per heavy atom. The summed E-state index contributed by atoms with van der Waals surface area (Å²) in [5.41, 5.74) is 5.40. The van der Waals surface area contributed by atoms with Crippen molar-refractivity contribution in [1.82, 2.24) is 19.9 Å². The van der Waals surface area contributed by atoms with Crippen LogP contribution in [0.25, 0.3) is 0 Å². The molecule has 0 bridgehead atoms. The average molecular weight is 251 g/mol. The van der Waals surface area contributed by atoms with E-state index in [2.05, 4.69) is 19.9 Å². The molecule has 2 aromatic rings. The topological polar surface area (TPSA) is 107 Å². The molecule has 17 heavy (non-hydrogen) atoms. The summed E-state index contributed by atoms with van der Waals surface area (Å²) in [7, 11) is 1.47. The zero-order valence-electron chi connectivity index (χ0n) is 8.88. The monoisotopic (exact) mass is 251 g/mol. The van der Waals surface area contributed by atoms with Crippen molar-refractivity contribution in [3.8, 4) is 5.75 Å². The van der Waals surface area contributed by atoms with Gasteiger partial charge in [-0.1, -0.05) is 0 Å². The molecule has 0 fully saturated rings. The van der Waals surface area contributed by atoms with Crippen molar-refractivity contribution < 1.29 is 4.74 Å². The summed E-state index contributed by atoms with van der Waals surface area (Å²) in [5, 5.41) is 0.906. The van der Waals surface area contributed by atoms with E-state index < -0.39 is 0 Å². The van der Waals surface area contributed by atoms with Gasteiger partial charge in [0, 0.05) is 12.3 Å². The Balaban J connectivity index is 2.36. The van der Waals surface area contributed by atoms with Crippen LogP contribution in [0.2, 0.25) is 0 Å². The first kappa shape index (κ1) is 11.4. The maximum Gasteiger partial charge on any atom is 0.251 e. The van der Waals surface area contributed by atoms with Crippen LogP contribution >= 0.6 is 11.8 Å². The second-order valence-corrected chi connectivity index (χ2v) is 3.92. The van der Waals surface area contributed by atoms with E-state index in [1.54, 1.807) is 0 Å². The van der Waals surface area contributed by atoms with Crippen LogP contribution in [0.5, 0.6) is 5.75 Å². The van der Waals surface area contributed by atoms with Crippen molar-refractivity contribution in [2.45, 2.75) is 10.2 Å². The minimum Gasteiger partial charge on any atom is -0.490 e. The third-order valence-corrected chi connectivity index (χ3v) is 2.73. The molecule has 0 aliphatic carbocycles. The normalized spacial score (nSPS) is 10.2. The lowest BCUT2D eigenvalue weighted by atomic mass is 10.5. The van der Waals surface area contributed by atoms with E-state index in [1.165, 1.54) is 25.7 Å². The molecule has 2 heterocycles. The first-order valence-corrected chi connectivity index (χ1v) is 5.40. The van der Waals surface area contributed by atoms with Crippen LogP contribution in [0.3, 0.4) is 0 Å². The Morgan fingerprint density at radius 2 is 2.24 bits per heavy atom. The predicted octanol–water partition coefficient (Wildman–Crippen LogP) is 0.302. The first-order valence-electron chi connectivity index (χ1n) is 4.58. The van der Waals surface area contributed by atoms with Crippen molar-refractivity contribution >= 4 is 17.6 Å². The van der Waals surface area contributed by atoms with Crippen LogP contribution in [0.15, 0.2) is 33.6 Å². The van der Waals surface area contributed by atoms with Gasteiger partial charge in [0.1, 0.15) is 6.33 Å². The van der Waals surface area contributed by atoms with Gasteiger partial charge < -0.3 is 15.5 Å². The number of hydrogen-bond donors (Lipinski definition) is 2. The molecule has 0 spiro atoms. The van der Waals surface area contributed by atoms with E-state index in [4.69, 9.17) is 10.5 Å². The second-order valence-electron chi connectivity index (χ2n) is 2.94. The van der Waals surface area contributed by atoms with Gasteiger partial charge >= 0.3 is 0 Å². The summed E-state index contributed by atoms with van der Waals surface area (Å²) in [6, 6.07) is 1.33. The number of nitrogens with zero attached hydrogens (tertiary/aromatic N) is 3. The largest absolute Gasteiger partial charge is 0.490 e. The van der Waals surface area contributed by atoms with Crippen LogP contribution in [-0.2, 0) is 0 Å². The molecule has 0 aromatic carbocycles. The minimum absolute atomic E-state index is 0.233. The van der Waals surface area contributed by atoms with Gasteiger partial charge in [-0.25, -0.2) is 15.0 Å². The number of anilines is 1. The van der Waals surface area contributed by atoms with E-state index in [9.17, 15) is 4.79 Å². The van der Waals surface area contributed by atoms with E-state index in [0.717, 1.165) is 11.8 Å². The van der Waals surface area contributed by atoms with Gasteiger partial charge in [0.2, 0.25) is 0 Å². The molecule has 2 rings (SSSR count). The number of nitrogen functional groups attached to an aromatic ring is 1. The Kier molecular flexibility index (Phi) is 3.24. The molecule has 0 atom stereocenters. The fourth-order valence-electron chi connectivity index (χ4n) is 1.13. The number of aromatic nitrogens is 4. The number of methoxy groups -OCH3 is 1. The van der Waals surface area contributed by atoms with Crippen molar-refractivity contribution in [1.29, 1.82) is 0 Å². The Hall–Kier alpha value is -2.09. The maximum atomic E-state index is 11.1. The van der Waals surface area contributed by atoms with E-state index in [-0.39, 0.29) is 11.4 Å². The van der Waals surface area contributed by atoms with E-state index in [1.807, 2.05) is 0 Å². The highest BCUT2D eigenvalue weighted by Crippen LogP contribution is 2.33. The van der Waals surface area contributed by atoms with Gasteiger partial charge in [0.05, 0.1) is 7.11 Å². The quantitative estimate of drug-likeness (QED) is 0.596.